The van der Waals surface area contributed by atoms with E-state index >= 15 is 0 Å². The summed E-state index contributed by atoms with van der Waals surface area (Å²) in [6.45, 7) is -1.63. The lowest BCUT2D eigenvalue weighted by molar-refractivity contribution is -0.251. The highest BCUT2D eigenvalue weighted by Crippen LogP contribution is 2.47. The first-order chi connectivity index (χ1) is 12.9. The first-order valence-electron chi connectivity index (χ1n) is 8.13. The Hall–Kier alpha value is -0.740. The maximum absolute atomic E-state index is 12.1. The van der Waals surface area contributed by atoms with Gasteiger partial charge in [0.2, 0.25) is 5.91 Å². The van der Waals surface area contributed by atoms with Crippen LogP contribution in [0, 0.1) is 0 Å². The van der Waals surface area contributed by atoms with E-state index in [1.165, 1.54) is 0 Å². The van der Waals surface area contributed by atoms with Gasteiger partial charge in [-0.05, 0) is 0 Å². The normalized spacial score (nSPS) is 33.5. The Morgan fingerprint density at radius 2 is 1.82 bits per heavy atom. The van der Waals surface area contributed by atoms with Crippen LogP contribution in [-0.2, 0) is 23.1 Å². The van der Waals surface area contributed by atoms with Crippen LogP contribution >= 0.6 is 7.82 Å². The molecule has 0 bridgehead atoms. The molecule has 14 nitrogen and oxygen atoms in total. The van der Waals surface area contributed by atoms with E-state index in [1.54, 1.807) is 0 Å². The van der Waals surface area contributed by atoms with Crippen molar-refractivity contribution in [1.82, 2.24) is 5.32 Å². The quantitative estimate of drug-likeness (QED) is 0.147. The Morgan fingerprint density at radius 3 is 2.32 bits per heavy atom. The maximum atomic E-state index is 12.1. The molecule has 0 aliphatic carbocycles. The van der Waals surface area contributed by atoms with Crippen LogP contribution in [0.25, 0.3) is 0 Å². The molecule has 9 N–H and O–H groups in total. The molecule has 0 aromatic carbocycles. The summed E-state index contributed by atoms with van der Waals surface area (Å²) < 4.78 is 26.3. The molecule has 1 heterocycles. The molecule has 1 rings (SSSR count). The first kappa shape index (κ1) is 25.3. The maximum Gasteiger partial charge on any atom is 0.472 e. The van der Waals surface area contributed by atoms with Gasteiger partial charge in [-0.1, -0.05) is 0 Å². The number of aliphatic hydroxyl groups excluding tert-OH is 7. The Balaban J connectivity index is 2.85. The van der Waals surface area contributed by atoms with Crippen LogP contribution in [0.2, 0.25) is 0 Å². The second-order valence-electron chi connectivity index (χ2n) is 6.11. The summed E-state index contributed by atoms with van der Waals surface area (Å²) in [5.41, 5.74) is 0. The van der Waals surface area contributed by atoms with Crippen LogP contribution in [0.5, 0.6) is 0 Å². The second kappa shape index (κ2) is 10.9. The van der Waals surface area contributed by atoms with Crippen molar-refractivity contribution < 1.29 is 63.8 Å². The highest BCUT2D eigenvalue weighted by molar-refractivity contribution is 7.47. The number of hydrogen-bond acceptors (Lipinski definition) is 12. The van der Waals surface area contributed by atoms with E-state index in [0.29, 0.717) is 0 Å². The van der Waals surface area contributed by atoms with Gasteiger partial charge < -0.3 is 50.7 Å². The van der Waals surface area contributed by atoms with Gasteiger partial charge in [0.05, 0.1) is 19.8 Å². The minimum absolute atomic E-state index is 0.693. The van der Waals surface area contributed by atoms with E-state index < -0.39 is 82.5 Å². The van der Waals surface area contributed by atoms with E-state index in [2.05, 4.69) is 9.84 Å². The number of carbonyl (C=O) groups excluding carboxylic acids is 1. The molecule has 1 unspecified atom stereocenters. The second-order valence-corrected chi connectivity index (χ2v) is 7.51. The van der Waals surface area contributed by atoms with Gasteiger partial charge in [0.1, 0.15) is 42.7 Å². The number of hydrogen-bond donors (Lipinski definition) is 9. The molecule has 15 heteroatoms. The molecule has 166 valence electrons. The summed E-state index contributed by atoms with van der Waals surface area (Å²) in [5.74, 6) is -0.693. The van der Waals surface area contributed by atoms with Gasteiger partial charge in [-0.2, -0.15) is 0 Å². The molecule has 0 saturated carbocycles. The molecule has 0 spiro atoms. The average molecular weight is 435 g/mol. The fourth-order valence-corrected chi connectivity index (χ4v) is 3.38. The first-order valence-corrected chi connectivity index (χ1v) is 9.63. The fraction of sp³-hybridized carbons (Fsp3) is 0.923. The molecule has 1 amide bonds. The summed E-state index contributed by atoms with van der Waals surface area (Å²) in [6, 6.07) is -1.51. The lowest BCUT2D eigenvalue weighted by Crippen LogP contribution is -2.64. The number of phosphoric ester groups is 1. The van der Waals surface area contributed by atoms with Gasteiger partial charge in [0.25, 0.3) is 0 Å². The zero-order chi connectivity index (χ0) is 21.6. The van der Waals surface area contributed by atoms with Gasteiger partial charge in [-0.3, -0.25) is 13.8 Å². The molecule has 0 aromatic rings. The third-order valence-electron chi connectivity index (χ3n) is 3.88. The van der Waals surface area contributed by atoms with E-state index in [1.807, 2.05) is 0 Å². The smallest absolute Gasteiger partial charge is 0.394 e. The summed E-state index contributed by atoms with van der Waals surface area (Å²) in [5, 5.41) is 68.4. The summed E-state index contributed by atoms with van der Waals surface area (Å²) in [4.78, 5) is 21.1. The Kier molecular flexibility index (Phi) is 9.82. The Bertz CT molecular complexity index is 551. The predicted octanol–water partition coefficient (Wildman–Crippen LogP) is -4.86. The highest BCUT2D eigenvalue weighted by atomic mass is 31.2. The van der Waals surface area contributed by atoms with Crippen molar-refractivity contribution in [1.29, 1.82) is 0 Å². The molecule has 28 heavy (non-hydrogen) atoms. The van der Waals surface area contributed by atoms with Crippen LogP contribution in [0.1, 0.15) is 6.92 Å². The standard InChI is InChI=1S/C13H26NO13P/c1-5(17)14-9-12(11(21)8(3-16)26-13(9)22)27-28(23,24)25-4-7(19)10(20)6(18)2-15/h6-13,15-16,18-22H,2-4H2,1H3,(H,14,17)(H,23,24)/t6-,7+,8+,9+,10-,11-,12+,13+/m0/s1. The van der Waals surface area contributed by atoms with Gasteiger partial charge in [0.15, 0.2) is 6.29 Å². The molecule has 1 saturated heterocycles. The largest absolute Gasteiger partial charge is 0.472 e. The Morgan fingerprint density at radius 1 is 1.21 bits per heavy atom. The monoisotopic (exact) mass is 435 g/mol. The van der Waals surface area contributed by atoms with Crippen LogP contribution in [-0.4, -0.2) is 115 Å². The molecule has 0 radical (unpaired) electrons. The number of amides is 1. The van der Waals surface area contributed by atoms with Gasteiger partial charge in [-0.15, -0.1) is 0 Å². The number of nitrogens with one attached hydrogen (secondary N) is 1. The lowest BCUT2D eigenvalue weighted by Gasteiger charge is -2.42. The molecule has 1 fully saturated rings. The number of phosphoric acid groups is 1. The van der Waals surface area contributed by atoms with Gasteiger partial charge in [0, 0.05) is 6.92 Å². The zero-order valence-corrected chi connectivity index (χ0v) is 15.7. The van der Waals surface area contributed by atoms with Crippen LogP contribution < -0.4 is 5.32 Å². The van der Waals surface area contributed by atoms with Gasteiger partial charge in [-0.25, -0.2) is 4.57 Å². The molecule has 1 aliphatic rings. The van der Waals surface area contributed by atoms with E-state index in [4.69, 9.17) is 19.5 Å². The van der Waals surface area contributed by atoms with Crippen LogP contribution in [0.4, 0.5) is 0 Å². The third kappa shape index (κ3) is 6.95. The highest BCUT2D eigenvalue weighted by Gasteiger charge is 2.49. The number of ether oxygens (including phenoxy) is 1. The molecule has 1 aliphatic heterocycles. The van der Waals surface area contributed by atoms with E-state index in [0.717, 1.165) is 6.92 Å². The minimum Gasteiger partial charge on any atom is -0.394 e. The van der Waals surface area contributed by atoms with Crippen molar-refractivity contribution in [2.45, 2.75) is 55.9 Å². The minimum atomic E-state index is -5.05. The summed E-state index contributed by atoms with van der Waals surface area (Å²) >= 11 is 0. The van der Waals surface area contributed by atoms with E-state index in [-0.39, 0.29) is 0 Å². The summed E-state index contributed by atoms with van der Waals surface area (Å²) in [7, 11) is -5.05. The summed E-state index contributed by atoms with van der Waals surface area (Å²) in [6.07, 6.45) is -12.2. The van der Waals surface area contributed by atoms with Crippen molar-refractivity contribution in [3.63, 3.8) is 0 Å². The van der Waals surface area contributed by atoms with Crippen LogP contribution in [0.3, 0.4) is 0 Å². The van der Waals surface area contributed by atoms with Crippen molar-refractivity contribution in [3.05, 3.63) is 0 Å². The Labute approximate surface area is 159 Å². The van der Waals surface area contributed by atoms with Crippen LogP contribution in [0.15, 0.2) is 0 Å². The molecule has 9 atom stereocenters. The van der Waals surface area contributed by atoms with Gasteiger partial charge >= 0.3 is 7.82 Å². The number of rotatable bonds is 10. The third-order valence-corrected chi connectivity index (χ3v) is 4.87. The molecular formula is C13H26NO13P. The lowest BCUT2D eigenvalue weighted by atomic mass is 9.97. The zero-order valence-electron chi connectivity index (χ0n) is 14.8. The van der Waals surface area contributed by atoms with Crippen molar-refractivity contribution >= 4 is 13.7 Å². The van der Waals surface area contributed by atoms with Crippen molar-refractivity contribution in [2.75, 3.05) is 19.8 Å². The number of aliphatic hydroxyl groups is 7. The topological polar surface area (TPSA) is 236 Å². The number of carbonyl (C=O) groups is 1. The van der Waals surface area contributed by atoms with E-state index in [9.17, 15) is 39.8 Å². The molecular weight excluding hydrogens is 409 g/mol. The predicted molar refractivity (Wildman–Crippen MR) is 87.3 cm³/mol. The van der Waals surface area contributed by atoms with Crippen molar-refractivity contribution in [3.8, 4) is 0 Å². The average Bonchev–Trinajstić information content (AvgIpc) is 2.63. The SMILES string of the molecule is CC(=O)N[C@@H]1[C@@H](OP(=O)(O)OC[C@@H](O)[C@@H](O)[C@@H](O)CO)[C@@H](O)[C@@H](CO)O[C@H]1O. The van der Waals surface area contributed by atoms with Crippen molar-refractivity contribution in [2.24, 2.45) is 0 Å². The fourth-order valence-electron chi connectivity index (χ4n) is 2.42. The molecule has 0 aromatic heterocycles.